The Balaban J connectivity index is 2.36. The maximum Gasteiger partial charge on any atom is 0.221 e. The number of amides is 1. The average molecular weight is 323 g/mol. The van der Waals surface area contributed by atoms with Crippen molar-refractivity contribution >= 4 is 12.1 Å². The smallest absolute Gasteiger partial charge is 0.221 e. The molecular formula is C19H36N3O+. The Bertz CT molecular complexity index is 405. The Morgan fingerprint density at radius 3 is 2.70 bits per heavy atom. The van der Waals surface area contributed by atoms with E-state index in [9.17, 15) is 4.79 Å². The molecule has 23 heavy (non-hydrogen) atoms. The molecule has 1 aliphatic rings. The van der Waals surface area contributed by atoms with E-state index in [1.807, 2.05) is 0 Å². The first kappa shape index (κ1) is 19.9. The minimum Gasteiger partial charge on any atom is -0.307 e. The number of hydrogen-bond donors (Lipinski definition) is 1. The highest BCUT2D eigenvalue weighted by molar-refractivity contribution is 5.73. The molecule has 4 nitrogen and oxygen atoms in total. The van der Waals surface area contributed by atoms with Gasteiger partial charge in [-0.3, -0.25) is 9.28 Å². The number of allylic oxidation sites excluding steroid dienone is 2. The third-order valence-corrected chi connectivity index (χ3v) is 5.13. The lowest BCUT2D eigenvalue weighted by Gasteiger charge is -2.42. The average Bonchev–Trinajstić information content (AvgIpc) is 2.93. The number of carbonyl (C=O) groups is 1. The molecule has 1 amide bonds. The summed E-state index contributed by atoms with van der Waals surface area (Å²) in [5.74, 6) is 0.0511. The standard InChI is InChI=1S/C19H35N3O/c1-5-7-8-9-10-11-12-13-14-19-20-15-16-22(19,6-2)17(3)21-18(4)23/h5,7,15,17,19H,6,8-14,16H2,1-4H3/p+1/b7-5+. The minimum absolute atomic E-state index is 0.0511. The first-order valence-corrected chi connectivity index (χ1v) is 9.33. The maximum absolute atomic E-state index is 11.4. The fourth-order valence-corrected chi connectivity index (χ4v) is 3.65. The van der Waals surface area contributed by atoms with Crippen molar-refractivity contribution in [2.45, 2.75) is 85.0 Å². The summed E-state index contributed by atoms with van der Waals surface area (Å²) in [6.07, 6.45) is 15.7. The van der Waals surface area contributed by atoms with E-state index in [1.165, 1.54) is 38.5 Å². The van der Waals surface area contributed by atoms with Crippen molar-refractivity contribution in [3.8, 4) is 0 Å². The van der Waals surface area contributed by atoms with Crippen LogP contribution in [0.15, 0.2) is 17.1 Å². The van der Waals surface area contributed by atoms with Gasteiger partial charge in [0.1, 0.15) is 6.54 Å². The molecule has 0 saturated carbocycles. The van der Waals surface area contributed by atoms with Gasteiger partial charge in [0.2, 0.25) is 5.91 Å². The molecule has 0 aliphatic carbocycles. The molecule has 132 valence electrons. The molecule has 1 heterocycles. The van der Waals surface area contributed by atoms with Crippen LogP contribution in [0, 0.1) is 0 Å². The zero-order valence-electron chi connectivity index (χ0n) is 15.6. The summed E-state index contributed by atoms with van der Waals surface area (Å²) in [4.78, 5) is 16.1. The Kier molecular flexibility index (Phi) is 9.15. The number of aliphatic imine (C=N–C) groups is 1. The van der Waals surface area contributed by atoms with Crippen molar-refractivity contribution in [2.24, 2.45) is 4.99 Å². The third-order valence-electron chi connectivity index (χ3n) is 5.13. The van der Waals surface area contributed by atoms with Crippen molar-refractivity contribution < 1.29 is 9.28 Å². The van der Waals surface area contributed by atoms with Crippen molar-refractivity contribution in [3.05, 3.63) is 12.2 Å². The van der Waals surface area contributed by atoms with Gasteiger partial charge in [-0.15, -0.1) is 0 Å². The quantitative estimate of drug-likeness (QED) is 0.348. The van der Waals surface area contributed by atoms with Gasteiger partial charge in [0, 0.05) is 20.3 Å². The number of nitrogens with one attached hydrogen (secondary N) is 1. The Labute approximate surface area is 142 Å². The van der Waals surface area contributed by atoms with Gasteiger partial charge in [0.15, 0.2) is 12.3 Å². The topological polar surface area (TPSA) is 41.5 Å². The molecule has 0 aromatic heterocycles. The van der Waals surface area contributed by atoms with Crippen LogP contribution >= 0.6 is 0 Å². The molecule has 4 heteroatoms. The summed E-state index contributed by atoms with van der Waals surface area (Å²) >= 11 is 0. The van der Waals surface area contributed by atoms with E-state index in [4.69, 9.17) is 4.99 Å². The summed E-state index contributed by atoms with van der Waals surface area (Å²) in [6, 6.07) is 0. The number of nitrogens with zero attached hydrogens (tertiary/aromatic N) is 2. The largest absolute Gasteiger partial charge is 0.307 e. The van der Waals surface area contributed by atoms with Crippen LogP contribution in [-0.2, 0) is 4.79 Å². The van der Waals surface area contributed by atoms with Crippen LogP contribution in [0.25, 0.3) is 0 Å². The van der Waals surface area contributed by atoms with Crippen molar-refractivity contribution in [1.29, 1.82) is 0 Å². The molecule has 1 aliphatic heterocycles. The predicted octanol–water partition coefficient (Wildman–Crippen LogP) is 4.02. The van der Waals surface area contributed by atoms with Crippen LogP contribution in [0.3, 0.4) is 0 Å². The van der Waals surface area contributed by atoms with Gasteiger partial charge in [0.25, 0.3) is 0 Å². The lowest BCUT2D eigenvalue weighted by atomic mass is 10.1. The van der Waals surface area contributed by atoms with Crippen molar-refractivity contribution in [3.63, 3.8) is 0 Å². The molecule has 3 atom stereocenters. The first-order valence-electron chi connectivity index (χ1n) is 9.33. The number of quaternary nitrogens is 1. The van der Waals surface area contributed by atoms with E-state index < -0.39 is 0 Å². The normalized spacial score (nSPS) is 25.1. The SMILES string of the molecule is C/C=C/CCCCCCCC1N=CC[N+]1(CC)C(C)NC(C)=O. The van der Waals surface area contributed by atoms with Crippen LogP contribution < -0.4 is 5.32 Å². The second-order valence-corrected chi connectivity index (χ2v) is 6.70. The number of unbranched alkanes of at least 4 members (excludes halogenated alkanes) is 5. The van der Waals surface area contributed by atoms with E-state index in [0.29, 0.717) is 6.17 Å². The highest BCUT2D eigenvalue weighted by Gasteiger charge is 2.42. The monoisotopic (exact) mass is 322 g/mol. The third kappa shape index (κ3) is 6.09. The molecule has 0 spiro atoms. The molecule has 0 radical (unpaired) electrons. The summed E-state index contributed by atoms with van der Waals surface area (Å²) < 4.78 is 0.876. The van der Waals surface area contributed by atoms with Crippen molar-refractivity contribution in [1.82, 2.24) is 5.32 Å². The summed E-state index contributed by atoms with van der Waals surface area (Å²) in [5, 5.41) is 3.08. The van der Waals surface area contributed by atoms with E-state index in [-0.39, 0.29) is 12.1 Å². The lowest BCUT2D eigenvalue weighted by molar-refractivity contribution is -0.959. The Hall–Kier alpha value is -1.16. The van der Waals surface area contributed by atoms with Crippen LogP contribution in [0.1, 0.15) is 72.6 Å². The molecular weight excluding hydrogens is 286 g/mol. The van der Waals surface area contributed by atoms with Gasteiger partial charge in [-0.2, -0.15) is 0 Å². The van der Waals surface area contributed by atoms with Crippen LogP contribution in [0.4, 0.5) is 0 Å². The van der Waals surface area contributed by atoms with E-state index in [2.05, 4.69) is 44.5 Å². The molecule has 0 aromatic rings. The Morgan fingerprint density at radius 2 is 2.04 bits per heavy atom. The molecule has 1 rings (SSSR count). The molecule has 3 unspecified atom stereocenters. The second-order valence-electron chi connectivity index (χ2n) is 6.70. The summed E-state index contributed by atoms with van der Waals surface area (Å²) in [7, 11) is 0. The molecule has 0 saturated heterocycles. The van der Waals surface area contributed by atoms with Gasteiger partial charge in [-0.1, -0.05) is 31.4 Å². The first-order chi connectivity index (χ1) is 11.1. The fraction of sp³-hybridized carbons (Fsp3) is 0.789. The predicted molar refractivity (Wildman–Crippen MR) is 98.4 cm³/mol. The summed E-state index contributed by atoms with van der Waals surface area (Å²) in [5.41, 5.74) is 0. The van der Waals surface area contributed by atoms with E-state index in [1.54, 1.807) is 6.92 Å². The highest BCUT2D eigenvalue weighted by Crippen LogP contribution is 2.27. The van der Waals surface area contributed by atoms with E-state index >= 15 is 0 Å². The second kappa shape index (κ2) is 10.6. The molecule has 0 aromatic carbocycles. The summed E-state index contributed by atoms with van der Waals surface area (Å²) in [6.45, 7) is 9.96. The van der Waals surface area contributed by atoms with Crippen LogP contribution in [-0.4, -0.2) is 42.0 Å². The van der Waals surface area contributed by atoms with Gasteiger partial charge in [-0.25, -0.2) is 4.99 Å². The highest BCUT2D eigenvalue weighted by atomic mass is 16.1. The van der Waals surface area contributed by atoms with Crippen LogP contribution in [0.5, 0.6) is 0 Å². The van der Waals surface area contributed by atoms with E-state index in [0.717, 1.165) is 24.0 Å². The molecule has 0 bridgehead atoms. The minimum atomic E-state index is 0.0511. The number of hydrogen-bond acceptors (Lipinski definition) is 2. The lowest BCUT2D eigenvalue weighted by Crippen LogP contribution is -2.63. The van der Waals surface area contributed by atoms with Gasteiger partial charge in [-0.05, 0) is 33.1 Å². The zero-order chi connectivity index (χ0) is 17.1. The molecule has 0 fully saturated rings. The van der Waals surface area contributed by atoms with Gasteiger partial charge >= 0.3 is 0 Å². The van der Waals surface area contributed by atoms with Gasteiger partial charge in [0.05, 0.1) is 12.8 Å². The maximum atomic E-state index is 11.4. The zero-order valence-corrected chi connectivity index (χ0v) is 15.6. The molecule has 1 N–H and O–H groups in total. The number of rotatable bonds is 11. The van der Waals surface area contributed by atoms with Gasteiger partial charge < -0.3 is 5.32 Å². The fourth-order valence-electron chi connectivity index (χ4n) is 3.65. The van der Waals surface area contributed by atoms with Crippen molar-refractivity contribution in [2.75, 3.05) is 13.1 Å². The Morgan fingerprint density at radius 1 is 1.35 bits per heavy atom. The number of carbonyl (C=O) groups excluding carboxylic acids is 1. The van der Waals surface area contributed by atoms with Crippen LogP contribution in [0.2, 0.25) is 0 Å².